The fourth-order valence-corrected chi connectivity index (χ4v) is 3.06. The molecule has 0 radical (unpaired) electrons. The molecule has 2 aromatic rings. The highest BCUT2D eigenvalue weighted by Gasteiger charge is 2.24. The van der Waals surface area contributed by atoms with Crippen LogP contribution in [0.15, 0.2) is 48.5 Å². The zero-order chi connectivity index (χ0) is 20.5. The Labute approximate surface area is 171 Å². The molecule has 1 heterocycles. The number of hydrogen-bond acceptors (Lipinski definition) is 5. The Hall–Kier alpha value is -2.93. The molecule has 29 heavy (non-hydrogen) atoms. The summed E-state index contributed by atoms with van der Waals surface area (Å²) in [6.45, 7) is 4.72. The van der Waals surface area contributed by atoms with Crippen LogP contribution in [0.25, 0.3) is 0 Å². The number of nitrogens with one attached hydrogen (secondary N) is 1. The topological polar surface area (TPSA) is 69.3 Å². The number of nitrogens with zero attached hydrogens (tertiary/aromatic N) is 1. The van der Waals surface area contributed by atoms with Crippen LogP contribution in [-0.4, -0.2) is 57.1 Å². The molecule has 0 bridgehead atoms. The molecule has 1 N–H and O–H groups in total. The van der Waals surface area contributed by atoms with Gasteiger partial charge in [-0.25, -0.2) is 4.79 Å². The molecule has 0 saturated carbocycles. The molecule has 7 heteroatoms. The number of hydrogen-bond donors (Lipinski definition) is 1. The van der Waals surface area contributed by atoms with Gasteiger partial charge in [-0.3, -0.25) is 0 Å². The Bertz CT molecular complexity index is 798. The van der Waals surface area contributed by atoms with Crippen molar-refractivity contribution in [3.63, 3.8) is 0 Å². The summed E-state index contributed by atoms with van der Waals surface area (Å²) in [7, 11) is 1.63. The lowest BCUT2D eigenvalue weighted by atomic mass is 10.2. The monoisotopic (exact) mass is 400 g/mol. The van der Waals surface area contributed by atoms with Gasteiger partial charge in [-0.15, -0.1) is 0 Å². The van der Waals surface area contributed by atoms with Gasteiger partial charge in [0, 0.05) is 25.8 Å². The predicted octanol–water partition coefficient (Wildman–Crippen LogP) is 3.08. The zero-order valence-corrected chi connectivity index (χ0v) is 16.9. The van der Waals surface area contributed by atoms with Gasteiger partial charge in [0.05, 0.1) is 13.2 Å². The molecule has 0 fully saturated rings. The summed E-state index contributed by atoms with van der Waals surface area (Å²) in [4.78, 5) is 14.4. The van der Waals surface area contributed by atoms with Crippen molar-refractivity contribution in [3.8, 4) is 17.2 Å². The third kappa shape index (κ3) is 5.77. The van der Waals surface area contributed by atoms with Gasteiger partial charge in [0.2, 0.25) is 0 Å². The first kappa shape index (κ1) is 20.8. The molecule has 2 amide bonds. The molecule has 3 rings (SSSR count). The molecule has 0 unspecified atom stereocenters. The summed E-state index contributed by atoms with van der Waals surface area (Å²) in [5, 5.41) is 2.97. The smallest absolute Gasteiger partial charge is 0.317 e. The molecule has 0 saturated heterocycles. The Morgan fingerprint density at radius 3 is 2.69 bits per heavy atom. The van der Waals surface area contributed by atoms with Gasteiger partial charge in [-0.1, -0.05) is 30.3 Å². The van der Waals surface area contributed by atoms with Crippen LogP contribution in [0.2, 0.25) is 0 Å². The highest BCUT2D eigenvalue weighted by Crippen LogP contribution is 2.31. The second-order valence-corrected chi connectivity index (χ2v) is 6.64. The first-order chi connectivity index (χ1) is 14.2. The molecule has 7 nitrogen and oxygen atoms in total. The SMILES string of the molecule is CCN(C[C@H]1COc2ccccc2O1)C(=O)NCc1ccccc1OCCOC. The summed E-state index contributed by atoms with van der Waals surface area (Å²) in [6.07, 6.45) is -0.208. The lowest BCUT2D eigenvalue weighted by Gasteiger charge is -2.31. The standard InChI is InChI=1S/C22H28N2O5/c1-3-24(15-18-16-28-20-10-6-7-11-21(20)29-18)22(25)23-14-17-8-4-5-9-19(17)27-13-12-26-2/h4-11,18H,3,12-16H2,1-2H3,(H,23,25)/t18-/m0/s1. The van der Waals surface area contributed by atoms with Crippen LogP contribution >= 0.6 is 0 Å². The third-order valence-corrected chi connectivity index (χ3v) is 4.61. The molecule has 0 spiro atoms. The van der Waals surface area contributed by atoms with Gasteiger partial charge < -0.3 is 29.2 Å². The van der Waals surface area contributed by atoms with Crippen molar-refractivity contribution in [1.82, 2.24) is 10.2 Å². The number of benzene rings is 2. The first-order valence-electron chi connectivity index (χ1n) is 9.82. The van der Waals surface area contributed by atoms with Gasteiger partial charge in [-0.05, 0) is 25.1 Å². The van der Waals surface area contributed by atoms with Gasteiger partial charge in [0.25, 0.3) is 0 Å². The van der Waals surface area contributed by atoms with Crippen molar-refractivity contribution in [2.75, 3.05) is 40.0 Å². The summed E-state index contributed by atoms with van der Waals surface area (Å²) in [6, 6.07) is 15.1. The van der Waals surface area contributed by atoms with E-state index in [1.807, 2.05) is 55.5 Å². The van der Waals surface area contributed by atoms with E-state index in [9.17, 15) is 4.79 Å². The summed E-state index contributed by atoms with van der Waals surface area (Å²) < 4.78 is 22.5. The van der Waals surface area contributed by atoms with Gasteiger partial charge >= 0.3 is 6.03 Å². The fourth-order valence-electron chi connectivity index (χ4n) is 3.06. The summed E-state index contributed by atoms with van der Waals surface area (Å²) in [5.41, 5.74) is 0.916. The Morgan fingerprint density at radius 2 is 1.90 bits per heavy atom. The molecule has 1 atom stereocenters. The number of methoxy groups -OCH3 is 1. The zero-order valence-electron chi connectivity index (χ0n) is 16.9. The van der Waals surface area contributed by atoms with Crippen LogP contribution in [0.5, 0.6) is 17.2 Å². The number of carbonyl (C=O) groups is 1. The van der Waals surface area contributed by atoms with E-state index in [0.717, 1.165) is 17.1 Å². The molecule has 1 aliphatic rings. The van der Waals surface area contributed by atoms with E-state index >= 15 is 0 Å². The maximum absolute atomic E-state index is 12.7. The van der Waals surface area contributed by atoms with Crippen LogP contribution in [0.4, 0.5) is 4.79 Å². The van der Waals surface area contributed by atoms with Crippen molar-refractivity contribution in [3.05, 3.63) is 54.1 Å². The highest BCUT2D eigenvalue weighted by molar-refractivity contribution is 5.74. The number of amides is 2. The van der Waals surface area contributed by atoms with E-state index in [-0.39, 0.29) is 12.1 Å². The van der Waals surface area contributed by atoms with Crippen molar-refractivity contribution in [2.45, 2.75) is 19.6 Å². The van der Waals surface area contributed by atoms with Gasteiger partial charge in [-0.2, -0.15) is 0 Å². The molecule has 2 aromatic carbocycles. The lowest BCUT2D eigenvalue weighted by molar-refractivity contribution is 0.0675. The minimum Gasteiger partial charge on any atom is -0.491 e. The largest absolute Gasteiger partial charge is 0.491 e. The van der Waals surface area contributed by atoms with Gasteiger partial charge in [0.1, 0.15) is 19.0 Å². The number of likely N-dealkylation sites (N-methyl/N-ethyl adjacent to an activating group) is 1. The maximum Gasteiger partial charge on any atom is 0.317 e. The summed E-state index contributed by atoms with van der Waals surface area (Å²) >= 11 is 0. The summed E-state index contributed by atoms with van der Waals surface area (Å²) in [5.74, 6) is 2.19. The number of fused-ring (bicyclic) bond motifs is 1. The Morgan fingerprint density at radius 1 is 1.14 bits per heavy atom. The van der Waals surface area contributed by atoms with Crippen molar-refractivity contribution < 1.29 is 23.7 Å². The second kappa shape index (κ2) is 10.6. The highest BCUT2D eigenvalue weighted by atomic mass is 16.6. The Kier molecular flexibility index (Phi) is 7.58. The second-order valence-electron chi connectivity index (χ2n) is 6.64. The molecule has 1 aliphatic heterocycles. The van der Waals surface area contributed by atoms with Crippen molar-refractivity contribution >= 4 is 6.03 Å². The van der Waals surface area contributed by atoms with Gasteiger partial charge in [0.15, 0.2) is 17.6 Å². The number of para-hydroxylation sites is 3. The van der Waals surface area contributed by atoms with E-state index in [1.165, 1.54) is 0 Å². The Balaban J connectivity index is 1.53. The molecule has 0 aliphatic carbocycles. The van der Waals surface area contributed by atoms with Crippen LogP contribution in [0, 0.1) is 0 Å². The number of ether oxygens (including phenoxy) is 4. The predicted molar refractivity (Wildman–Crippen MR) is 110 cm³/mol. The minimum absolute atomic E-state index is 0.151. The average molecular weight is 400 g/mol. The van der Waals surface area contributed by atoms with Crippen molar-refractivity contribution in [1.29, 1.82) is 0 Å². The quantitative estimate of drug-likeness (QED) is 0.655. The lowest BCUT2D eigenvalue weighted by Crippen LogP contribution is -2.47. The van der Waals surface area contributed by atoms with E-state index < -0.39 is 0 Å². The number of carbonyl (C=O) groups excluding carboxylic acids is 1. The van der Waals surface area contributed by atoms with E-state index in [1.54, 1.807) is 12.0 Å². The number of urea groups is 1. The van der Waals surface area contributed by atoms with E-state index in [0.29, 0.717) is 45.2 Å². The normalized spacial score (nSPS) is 14.9. The molecule has 0 aromatic heterocycles. The van der Waals surface area contributed by atoms with Crippen LogP contribution in [-0.2, 0) is 11.3 Å². The average Bonchev–Trinajstić information content (AvgIpc) is 2.76. The molecule has 156 valence electrons. The molecular weight excluding hydrogens is 372 g/mol. The first-order valence-corrected chi connectivity index (χ1v) is 9.82. The van der Waals surface area contributed by atoms with Crippen LogP contribution < -0.4 is 19.5 Å². The van der Waals surface area contributed by atoms with Crippen LogP contribution in [0.3, 0.4) is 0 Å². The van der Waals surface area contributed by atoms with Crippen LogP contribution in [0.1, 0.15) is 12.5 Å². The van der Waals surface area contributed by atoms with Crippen molar-refractivity contribution in [2.24, 2.45) is 0 Å². The fraction of sp³-hybridized carbons (Fsp3) is 0.409. The maximum atomic E-state index is 12.7. The minimum atomic E-state index is -0.208. The van der Waals surface area contributed by atoms with E-state index in [2.05, 4.69) is 5.32 Å². The van der Waals surface area contributed by atoms with E-state index in [4.69, 9.17) is 18.9 Å². The molecular formula is C22H28N2O5. The third-order valence-electron chi connectivity index (χ3n) is 4.61. The number of rotatable bonds is 9.